The molecule has 9 heteroatoms. The van der Waals surface area contributed by atoms with Crippen molar-refractivity contribution in [1.29, 1.82) is 0 Å². The average molecular weight is 468 g/mol. The van der Waals surface area contributed by atoms with Crippen molar-refractivity contribution < 1.29 is 22.6 Å². The topological polar surface area (TPSA) is 51.9 Å². The number of nitrogens with zero attached hydrogens (tertiary/aromatic N) is 4. The van der Waals surface area contributed by atoms with Crippen LogP contribution in [0.4, 0.5) is 13.2 Å². The standard InChI is InChI=1S/C25H23F3N4O2/c26-25(27,28)34-21-8-4-7-19(15-21)22-16-29-23-9-10-24(30-32(22)23)33-20-11-13-31(14-12-20)17-18-5-2-1-3-6-18/h1-10,15-16,20H,11-14,17H2. The number of halogens is 3. The molecule has 1 aliphatic rings. The highest BCUT2D eigenvalue weighted by molar-refractivity contribution is 5.64. The number of likely N-dealkylation sites (tertiary alicyclic amines) is 1. The molecule has 1 aliphatic heterocycles. The molecule has 0 saturated carbocycles. The summed E-state index contributed by atoms with van der Waals surface area (Å²) in [6, 6.07) is 19.7. The van der Waals surface area contributed by atoms with Gasteiger partial charge in [0.2, 0.25) is 5.88 Å². The minimum atomic E-state index is -4.76. The highest BCUT2D eigenvalue weighted by Crippen LogP contribution is 2.29. The zero-order valence-electron chi connectivity index (χ0n) is 18.3. The minimum Gasteiger partial charge on any atom is -0.473 e. The molecule has 0 amide bonds. The molecule has 2 aromatic heterocycles. The number of piperidine rings is 1. The van der Waals surface area contributed by atoms with E-state index in [4.69, 9.17) is 4.74 Å². The van der Waals surface area contributed by atoms with Crippen LogP contribution in [0.1, 0.15) is 18.4 Å². The largest absolute Gasteiger partial charge is 0.573 e. The van der Waals surface area contributed by atoms with Crippen LogP contribution in [-0.4, -0.2) is 45.1 Å². The third-order valence-corrected chi connectivity index (χ3v) is 5.77. The second-order valence-corrected chi connectivity index (χ2v) is 8.24. The summed E-state index contributed by atoms with van der Waals surface area (Å²) in [4.78, 5) is 6.72. The molecule has 34 heavy (non-hydrogen) atoms. The summed E-state index contributed by atoms with van der Waals surface area (Å²) in [6.45, 7) is 2.79. The number of hydrogen-bond acceptors (Lipinski definition) is 5. The molecule has 5 rings (SSSR count). The van der Waals surface area contributed by atoms with E-state index in [-0.39, 0.29) is 11.9 Å². The van der Waals surface area contributed by atoms with E-state index in [2.05, 4.69) is 44.0 Å². The Morgan fingerprint density at radius 2 is 1.74 bits per heavy atom. The Balaban J connectivity index is 1.27. The maximum absolute atomic E-state index is 12.6. The third kappa shape index (κ3) is 5.31. The van der Waals surface area contributed by atoms with Gasteiger partial charge in [-0.15, -0.1) is 18.3 Å². The van der Waals surface area contributed by atoms with Crippen molar-refractivity contribution in [1.82, 2.24) is 19.5 Å². The fourth-order valence-corrected chi connectivity index (χ4v) is 4.17. The van der Waals surface area contributed by atoms with E-state index < -0.39 is 6.36 Å². The SMILES string of the molecule is FC(F)(F)Oc1cccc(-c2cnc3ccc(OC4CCN(Cc5ccccc5)CC4)nn23)c1. The second-order valence-electron chi connectivity index (χ2n) is 8.24. The molecule has 0 spiro atoms. The van der Waals surface area contributed by atoms with Gasteiger partial charge < -0.3 is 9.47 Å². The Kier molecular flexibility index (Phi) is 6.10. The second kappa shape index (κ2) is 9.34. The van der Waals surface area contributed by atoms with Crippen LogP contribution < -0.4 is 9.47 Å². The van der Waals surface area contributed by atoms with E-state index in [1.54, 1.807) is 28.9 Å². The number of hydrogen-bond donors (Lipinski definition) is 0. The van der Waals surface area contributed by atoms with Gasteiger partial charge in [-0.05, 0) is 36.6 Å². The number of alkyl halides is 3. The van der Waals surface area contributed by atoms with Crippen molar-refractivity contribution in [2.45, 2.75) is 31.9 Å². The lowest BCUT2D eigenvalue weighted by molar-refractivity contribution is -0.274. The van der Waals surface area contributed by atoms with Crippen LogP contribution in [0.25, 0.3) is 16.9 Å². The van der Waals surface area contributed by atoms with Gasteiger partial charge in [-0.3, -0.25) is 4.90 Å². The van der Waals surface area contributed by atoms with Crippen LogP contribution in [0, 0.1) is 0 Å². The summed E-state index contributed by atoms with van der Waals surface area (Å²) < 4.78 is 49.6. The van der Waals surface area contributed by atoms with Crippen molar-refractivity contribution in [3.8, 4) is 22.9 Å². The van der Waals surface area contributed by atoms with Gasteiger partial charge in [-0.25, -0.2) is 9.50 Å². The van der Waals surface area contributed by atoms with Crippen LogP contribution in [0.2, 0.25) is 0 Å². The molecule has 0 aliphatic carbocycles. The fraction of sp³-hybridized carbons (Fsp3) is 0.280. The first kappa shape index (κ1) is 22.2. The monoisotopic (exact) mass is 468 g/mol. The highest BCUT2D eigenvalue weighted by atomic mass is 19.4. The van der Waals surface area contributed by atoms with Gasteiger partial charge in [0.15, 0.2) is 5.65 Å². The summed E-state index contributed by atoms with van der Waals surface area (Å²) in [5.41, 5.74) is 2.92. The first-order valence-electron chi connectivity index (χ1n) is 11.1. The smallest absolute Gasteiger partial charge is 0.473 e. The van der Waals surface area contributed by atoms with Gasteiger partial charge in [0.05, 0.1) is 11.9 Å². The Hall–Kier alpha value is -3.59. The molecule has 0 N–H and O–H groups in total. The molecule has 1 saturated heterocycles. The van der Waals surface area contributed by atoms with E-state index in [0.29, 0.717) is 22.8 Å². The zero-order chi connectivity index (χ0) is 23.5. The lowest BCUT2D eigenvalue weighted by atomic mass is 10.1. The maximum Gasteiger partial charge on any atom is 0.573 e. The van der Waals surface area contributed by atoms with E-state index in [1.165, 1.54) is 23.8 Å². The molecular weight excluding hydrogens is 445 g/mol. The van der Waals surface area contributed by atoms with Crippen molar-refractivity contribution in [2.24, 2.45) is 0 Å². The number of ether oxygens (including phenoxy) is 2. The summed E-state index contributed by atoms with van der Waals surface area (Å²) >= 11 is 0. The number of imidazole rings is 1. The third-order valence-electron chi connectivity index (χ3n) is 5.77. The van der Waals surface area contributed by atoms with Crippen molar-refractivity contribution in [3.63, 3.8) is 0 Å². The van der Waals surface area contributed by atoms with Gasteiger partial charge >= 0.3 is 6.36 Å². The van der Waals surface area contributed by atoms with Gasteiger partial charge in [-0.1, -0.05) is 42.5 Å². The Labute approximate surface area is 194 Å². The van der Waals surface area contributed by atoms with Crippen LogP contribution in [0.3, 0.4) is 0 Å². The van der Waals surface area contributed by atoms with Crippen molar-refractivity contribution in [3.05, 3.63) is 78.5 Å². The molecule has 0 atom stereocenters. The summed E-state index contributed by atoms with van der Waals surface area (Å²) in [6.07, 6.45) is -1.36. The molecule has 176 valence electrons. The molecule has 3 heterocycles. The predicted molar refractivity (Wildman–Crippen MR) is 120 cm³/mol. The van der Waals surface area contributed by atoms with E-state index in [1.807, 2.05) is 6.07 Å². The molecule has 6 nitrogen and oxygen atoms in total. The van der Waals surface area contributed by atoms with E-state index >= 15 is 0 Å². The van der Waals surface area contributed by atoms with Gasteiger partial charge in [0.1, 0.15) is 11.9 Å². The summed E-state index contributed by atoms with van der Waals surface area (Å²) in [5, 5.41) is 4.55. The normalized spacial score (nSPS) is 15.5. The van der Waals surface area contributed by atoms with Crippen LogP contribution in [0.15, 0.2) is 72.9 Å². The van der Waals surface area contributed by atoms with Crippen LogP contribution in [-0.2, 0) is 6.54 Å². The number of fused-ring (bicyclic) bond motifs is 1. The van der Waals surface area contributed by atoms with Gasteiger partial charge in [0.25, 0.3) is 0 Å². The molecular formula is C25H23F3N4O2. The quantitative estimate of drug-likeness (QED) is 0.383. The summed E-state index contributed by atoms with van der Waals surface area (Å²) in [5.74, 6) is 0.158. The lowest BCUT2D eigenvalue weighted by Crippen LogP contribution is -2.37. The molecule has 0 radical (unpaired) electrons. The zero-order valence-corrected chi connectivity index (χ0v) is 18.3. The highest BCUT2D eigenvalue weighted by Gasteiger charge is 2.31. The van der Waals surface area contributed by atoms with E-state index in [0.717, 1.165) is 32.5 Å². The maximum atomic E-state index is 12.6. The number of rotatable bonds is 6. The van der Waals surface area contributed by atoms with Crippen molar-refractivity contribution >= 4 is 5.65 Å². The molecule has 4 aromatic rings. The molecule has 0 unspecified atom stereocenters. The minimum absolute atomic E-state index is 0.0486. The fourth-order valence-electron chi connectivity index (χ4n) is 4.17. The average Bonchev–Trinajstić information content (AvgIpc) is 3.23. The first-order chi connectivity index (χ1) is 16.4. The molecule has 2 aromatic carbocycles. The van der Waals surface area contributed by atoms with Crippen LogP contribution >= 0.6 is 0 Å². The Bertz CT molecular complexity index is 1250. The number of benzene rings is 2. The van der Waals surface area contributed by atoms with Gasteiger partial charge in [0, 0.05) is 31.3 Å². The first-order valence-corrected chi connectivity index (χ1v) is 11.1. The van der Waals surface area contributed by atoms with Crippen molar-refractivity contribution in [2.75, 3.05) is 13.1 Å². The Morgan fingerprint density at radius 3 is 2.50 bits per heavy atom. The van der Waals surface area contributed by atoms with E-state index in [9.17, 15) is 13.2 Å². The number of aromatic nitrogens is 3. The van der Waals surface area contributed by atoms with Gasteiger partial charge in [-0.2, -0.15) is 0 Å². The van der Waals surface area contributed by atoms with Crippen LogP contribution in [0.5, 0.6) is 11.6 Å². The Morgan fingerprint density at radius 1 is 0.941 bits per heavy atom. The molecule has 1 fully saturated rings. The molecule has 0 bridgehead atoms. The predicted octanol–water partition coefficient (Wildman–Crippen LogP) is 5.34. The lowest BCUT2D eigenvalue weighted by Gasteiger charge is -2.31. The summed E-state index contributed by atoms with van der Waals surface area (Å²) in [7, 11) is 0.